The lowest BCUT2D eigenvalue weighted by Crippen LogP contribution is -2.16. The average molecular weight is 367 g/mol. The van der Waals surface area contributed by atoms with Crippen LogP contribution in [0.2, 0.25) is 0 Å². The minimum Gasteiger partial charge on any atom is -0.481 e. The van der Waals surface area contributed by atoms with Gasteiger partial charge in [0.25, 0.3) is 0 Å². The molecule has 2 rings (SSSR count). The van der Waals surface area contributed by atoms with Gasteiger partial charge in [0.05, 0.1) is 31.3 Å². The molecule has 1 aromatic carbocycles. The van der Waals surface area contributed by atoms with Crippen LogP contribution < -0.4 is 0 Å². The summed E-state index contributed by atoms with van der Waals surface area (Å²) in [5.41, 5.74) is 1.37. The predicted molar refractivity (Wildman–Crippen MR) is 92.9 cm³/mol. The van der Waals surface area contributed by atoms with Crippen LogP contribution >= 0.6 is 12.0 Å². The number of esters is 1. The standard InChI is InChI=1S/C17H21NO6S/c1-22-17(21)14-9-7-13(8-10-14)12-16-23-18(24-25-16)11-5-3-2-4-6-15(19)20/h7-10,12H,2-6,11H2,1H3,(H,19,20). The number of unbranched alkanes of at least 4 members (excludes halogenated alkanes) is 3. The first kappa shape index (κ1) is 19.3. The number of benzene rings is 1. The van der Waals surface area contributed by atoms with Gasteiger partial charge in [0.15, 0.2) is 0 Å². The second-order valence-electron chi connectivity index (χ2n) is 5.44. The molecule has 1 aliphatic rings. The molecule has 136 valence electrons. The maximum atomic E-state index is 11.4. The molecule has 1 fully saturated rings. The monoisotopic (exact) mass is 367 g/mol. The number of ether oxygens (including phenoxy) is 1. The van der Waals surface area contributed by atoms with Gasteiger partial charge in [-0.2, -0.15) is 4.28 Å². The van der Waals surface area contributed by atoms with Crippen LogP contribution in [0.1, 0.15) is 48.0 Å². The Kier molecular flexibility index (Phi) is 7.77. The van der Waals surface area contributed by atoms with Gasteiger partial charge in [-0.15, -0.1) is 0 Å². The Morgan fingerprint density at radius 3 is 2.60 bits per heavy atom. The van der Waals surface area contributed by atoms with Crippen molar-refractivity contribution in [3.63, 3.8) is 0 Å². The number of carboxylic acids is 1. The highest BCUT2D eigenvalue weighted by atomic mass is 32.2. The molecular formula is C17H21NO6S. The van der Waals surface area contributed by atoms with E-state index in [4.69, 9.17) is 14.2 Å². The van der Waals surface area contributed by atoms with E-state index in [9.17, 15) is 9.59 Å². The minimum atomic E-state index is -0.753. The first-order chi connectivity index (χ1) is 12.1. The highest BCUT2D eigenvalue weighted by Gasteiger charge is 2.20. The number of methoxy groups -OCH3 is 1. The van der Waals surface area contributed by atoms with Crippen molar-refractivity contribution in [3.05, 3.63) is 40.5 Å². The molecule has 1 heterocycles. The summed E-state index contributed by atoms with van der Waals surface area (Å²) in [5.74, 6) is -1.12. The number of rotatable bonds is 9. The average Bonchev–Trinajstić information content (AvgIpc) is 3.05. The van der Waals surface area contributed by atoms with Crippen molar-refractivity contribution in [3.8, 4) is 0 Å². The maximum absolute atomic E-state index is 11.4. The summed E-state index contributed by atoms with van der Waals surface area (Å²) in [5, 5.41) is 10.6. The zero-order valence-corrected chi connectivity index (χ0v) is 14.8. The van der Waals surface area contributed by atoms with E-state index >= 15 is 0 Å². The predicted octanol–water partition coefficient (Wildman–Crippen LogP) is 3.63. The lowest BCUT2D eigenvalue weighted by atomic mass is 10.1. The number of aliphatic carboxylic acids is 1. The van der Waals surface area contributed by atoms with Crippen molar-refractivity contribution in [1.29, 1.82) is 0 Å². The van der Waals surface area contributed by atoms with E-state index in [1.807, 2.05) is 6.08 Å². The second kappa shape index (κ2) is 10.1. The van der Waals surface area contributed by atoms with Crippen LogP contribution in [-0.4, -0.2) is 35.9 Å². The summed E-state index contributed by atoms with van der Waals surface area (Å²) >= 11 is 1.13. The Balaban J connectivity index is 1.71. The third kappa shape index (κ3) is 6.77. The lowest BCUT2D eigenvalue weighted by Gasteiger charge is -2.09. The Hall–Kier alpha value is -2.03. The number of carbonyl (C=O) groups is 2. The molecule has 0 unspecified atom stereocenters. The Morgan fingerprint density at radius 1 is 1.20 bits per heavy atom. The smallest absolute Gasteiger partial charge is 0.337 e. The molecule has 8 heteroatoms. The van der Waals surface area contributed by atoms with E-state index in [2.05, 4.69) is 4.74 Å². The molecule has 1 aromatic rings. The van der Waals surface area contributed by atoms with Gasteiger partial charge in [-0.3, -0.25) is 4.79 Å². The SMILES string of the molecule is COC(=O)c1ccc(C=C2ON(CCCCCCC(=O)O)OS2)cc1. The molecule has 0 amide bonds. The van der Waals surface area contributed by atoms with Gasteiger partial charge in [-0.1, -0.05) is 25.0 Å². The highest BCUT2D eigenvalue weighted by molar-refractivity contribution is 7.98. The molecule has 0 atom stereocenters. The van der Waals surface area contributed by atoms with E-state index in [1.165, 1.54) is 12.3 Å². The summed E-state index contributed by atoms with van der Waals surface area (Å²) in [7, 11) is 1.35. The number of hydrogen-bond acceptors (Lipinski definition) is 7. The summed E-state index contributed by atoms with van der Waals surface area (Å²) < 4.78 is 10.0. The minimum absolute atomic E-state index is 0.216. The van der Waals surface area contributed by atoms with E-state index in [-0.39, 0.29) is 12.4 Å². The Morgan fingerprint density at radius 2 is 1.92 bits per heavy atom. The van der Waals surface area contributed by atoms with Crippen LogP contribution in [0.4, 0.5) is 0 Å². The van der Waals surface area contributed by atoms with Crippen LogP contribution in [0.3, 0.4) is 0 Å². The van der Waals surface area contributed by atoms with Crippen LogP contribution in [0.5, 0.6) is 0 Å². The number of carbonyl (C=O) groups excluding carboxylic acids is 1. The van der Waals surface area contributed by atoms with Crippen molar-refractivity contribution in [2.45, 2.75) is 32.1 Å². The summed E-state index contributed by atoms with van der Waals surface area (Å²) in [4.78, 5) is 27.4. The molecule has 0 radical (unpaired) electrons. The molecule has 0 aliphatic carbocycles. The Bertz CT molecular complexity index is 616. The topological polar surface area (TPSA) is 85.3 Å². The molecular weight excluding hydrogens is 346 g/mol. The largest absolute Gasteiger partial charge is 0.481 e. The zero-order chi connectivity index (χ0) is 18.1. The van der Waals surface area contributed by atoms with Gasteiger partial charge in [0.2, 0.25) is 5.09 Å². The number of hydrogen-bond donors (Lipinski definition) is 1. The van der Waals surface area contributed by atoms with Gasteiger partial charge in [0.1, 0.15) is 0 Å². The summed E-state index contributed by atoms with van der Waals surface area (Å²) in [6.07, 6.45) is 5.39. The van der Waals surface area contributed by atoms with Gasteiger partial charge in [-0.05, 0) is 41.8 Å². The van der Waals surface area contributed by atoms with Crippen LogP contribution in [0.25, 0.3) is 6.08 Å². The van der Waals surface area contributed by atoms with Gasteiger partial charge < -0.3 is 14.7 Å². The fraction of sp³-hybridized carbons (Fsp3) is 0.412. The van der Waals surface area contributed by atoms with Crippen molar-refractivity contribution >= 4 is 30.1 Å². The molecule has 0 saturated carbocycles. The first-order valence-electron chi connectivity index (χ1n) is 8.00. The van der Waals surface area contributed by atoms with E-state index in [0.717, 1.165) is 36.9 Å². The molecule has 25 heavy (non-hydrogen) atoms. The first-order valence-corrected chi connectivity index (χ1v) is 8.74. The number of nitrogens with zero attached hydrogens (tertiary/aromatic N) is 1. The lowest BCUT2D eigenvalue weighted by molar-refractivity contribution is -0.259. The molecule has 1 N–H and O–H groups in total. The third-order valence-electron chi connectivity index (χ3n) is 3.49. The fourth-order valence-corrected chi connectivity index (χ4v) is 2.74. The van der Waals surface area contributed by atoms with E-state index < -0.39 is 5.97 Å². The van der Waals surface area contributed by atoms with Crippen molar-refractivity contribution < 1.29 is 28.6 Å². The molecule has 7 nitrogen and oxygen atoms in total. The fourth-order valence-electron chi connectivity index (χ4n) is 2.18. The quantitative estimate of drug-likeness (QED) is 0.402. The van der Waals surface area contributed by atoms with E-state index in [1.54, 1.807) is 24.3 Å². The maximum Gasteiger partial charge on any atom is 0.337 e. The summed E-state index contributed by atoms with van der Waals surface area (Å²) in [6, 6.07) is 6.98. The van der Waals surface area contributed by atoms with Crippen molar-refractivity contribution in [2.24, 2.45) is 0 Å². The van der Waals surface area contributed by atoms with Crippen molar-refractivity contribution in [1.82, 2.24) is 5.23 Å². The molecule has 0 spiro atoms. The highest BCUT2D eigenvalue weighted by Crippen LogP contribution is 2.31. The zero-order valence-electron chi connectivity index (χ0n) is 14.0. The van der Waals surface area contributed by atoms with Gasteiger partial charge >= 0.3 is 11.9 Å². The number of hydroxylamine groups is 2. The molecule has 0 bridgehead atoms. The normalized spacial score (nSPS) is 16.0. The van der Waals surface area contributed by atoms with Crippen LogP contribution in [-0.2, 0) is 18.7 Å². The number of carboxylic acid groups (broad SMARTS) is 1. The molecule has 1 aliphatic heterocycles. The summed E-state index contributed by atoms with van der Waals surface area (Å²) in [6.45, 7) is 0.610. The van der Waals surface area contributed by atoms with Crippen molar-refractivity contribution in [2.75, 3.05) is 13.7 Å². The Labute approximate surface area is 150 Å². The van der Waals surface area contributed by atoms with Gasteiger partial charge in [0, 0.05) is 6.42 Å². The van der Waals surface area contributed by atoms with Gasteiger partial charge in [-0.25, -0.2) is 4.79 Å². The van der Waals surface area contributed by atoms with Crippen LogP contribution in [0, 0.1) is 0 Å². The van der Waals surface area contributed by atoms with Crippen LogP contribution in [0.15, 0.2) is 29.4 Å². The molecule has 1 saturated heterocycles. The molecule has 0 aromatic heterocycles. The second-order valence-corrected chi connectivity index (χ2v) is 6.16. The van der Waals surface area contributed by atoms with E-state index in [0.29, 0.717) is 23.6 Å². The third-order valence-corrected chi connectivity index (χ3v) is 4.09.